The molecule has 86 valence electrons. The lowest BCUT2D eigenvalue weighted by Gasteiger charge is -2.25. The molecule has 0 aliphatic carbocycles. The van der Waals surface area contributed by atoms with E-state index >= 15 is 0 Å². The largest absolute Gasteiger partial charge is 0.378 e. The van der Waals surface area contributed by atoms with E-state index in [0.717, 1.165) is 8.66 Å². The first-order chi connectivity index (χ1) is 7.75. The van der Waals surface area contributed by atoms with Crippen LogP contribution in [0.4, 0.5) is 0 Å². The molecule has 5 heteroatoms. The Morgan fingerprint density at radius 2 is 2.19 bits per heavy atom. The van der Waals surface area contributed by atoms with Crippen LogP contribution < -0.4 is 0 Å². The molecule has 1 aliphatic rings. The molecule has 0 saturated carbocycles. The fraction of sp³-hybridized carbons (Fsp3) is 0.364. The first kappa shape index (κ1) is 11.8. The van der Waals surface area contributed by atoms with Gasteiger partial charge in [0.2, 0.25) is 5.91 Å². The van der Waals surface area contributed by atoms with Gasteiger partial charge < -0.3 is 9.64 Å². The van der Waals surface area contributed by atoms with Gasteiger partial charge in [-0.2, -0.15) is 0 Å². The highest BCUT2D eigenvalue weighted by Crippen LogP contribution is 2.23. The molecule has 2 heterocycles. The molecule has 0 aromatic carbocycles. The van der Waals surface area contributed by atoms with Gasteiger partial charge in [0.1, 0.15) is 0 Å². The van der Waals surface area contributed by atoms with Crippen LogP contribution in [-0.2, 0) is 9.53 Å². The van der Waals surface area contributed by atoms with Crippen molar-refractivity contribution in [2.75, 3.05) is 26.3 Å². The SMILES string of the molecule is O=C(/C=C\c1ccc(Br)s1)N1CCOCC1. The number of nitrogens with zero attached hydrogens (tertiary/aromatic N) is 1. The van der Waals surface area contributed by atoms with Crippen molar-refractivity contribution in [2.45, 2.75) is 0 Å². The molecule has 1 fully saturated rings. The van der Waals surface area contributed by atoms with Crippen LogP contribution in [0.15, 0.2) is 22.0 Å². The molecule has 0 radical (unpaired) electrons. The van der Waals surface area contributed by atoms with Gasteiger partial charge in [-0.05, 0) is 34.1 Å². The standard InChI is InChI=1S/C11H12BrNO2S/c12-10-3-1-9(16-10)2-4-11(14)13-5-7-15-8-6-13/h1-4H,5-8H2/b4-2-. The smallest absolute Gasteiger partial charge is 0.246 e. The summed E-state index contributed by atoms with van der Waals surface area (Å²) < 4.78 is 6.27. The topological polar surface area (TPSA) is 29.5 Å². The summed E-state index contributed by atoms with van der Waals surface area (Å²) in [7, 11) is 0. The van der Waals surface area contributed by atoms with Crippen LogP contribution in [0.3, 0.4) is 0 Å². The van der Waals surface area contributed by atoms with Crippen LogP contribution in [0.1, 0.15) is 4.88 Å². The fourth-order valence-electron chi connectivity index (χ4n) is 1.46. The Kier molecular flexibility index (Phi) is 4.15. The predicted molar refractivity (Wildman–Crippen MR) is 68.5 cm³/mol. The molecule has 1 saturated heterocycles. The molecule has 2 rings (SSSR count). The highest BCUT2D eigenvalue weighted by atomic mass is 79.9. The summed E-state index contributed by atoms with van der Waals surface area (Å²) in [6.07, 6.45) is 3.48. The third kappa shape index (κ3) is 3.17. The maximum atomic E-state index is 11.8. The monoisotopic (exact) mass is 301 g/mol. The summed E-state index contributed by atoms with van der Waals surface area (Å²) in [6.45, 7) is 2.67. The van der Waals surface area contributed by atoms with E-state index in [1.54, 1.807) is 17.4 Å². The second-order valence-electron chi connectivity index (χ2n) is 3.41. The van der Waals surface area contributed by atoms with E-state index in [4.69, 9.17) is 4.74 Å². The molecule has 1 aromatic heterocycles. The third-order valence-electron chi connectivity index (χ3n) is 2.31. The minimum absolute atomic E-state index is 0.0628. The first-order valence-corrected chi connectivity index (χ1v) is 6.67. The number of ether oxygens (including phenoxy) is 1. The summed E-state index contributed by atoms with van der Waals surface area (Å²) in [6, 6.07) is 3.96. The van der Waals surface area contributed by atoms with Crippen LogP contribution in [0, 0.1) is 0 Å². The molecule has 1 aromatic rings. The highest BCUT2D eigenvalue weighted by molar-refractivity contribution is 9.11. The van der Waals surface area contributed by atoms with Gasteiger partial charge >= 0.3 is 0 Å². The number of carbonyl (C=O) groups excluding carboxylic acids is 1. The maximum absolute atomic E-state index is 11.8. The Bertz CT molecular complexity index is 396. The molecule has 0 atom stereocenters. The molecule has 1 amide bonds. The number of amides is 1. The quantitative estimate of drug-likeness (QED) is 0.785. The molecule has 0 N–H and O–H groups in total. The van der Waals surface area contributed by atoms with Crippen LogP contribution >= 0.6 is 27.3 Å². The van der Waals surface area contributed by atoms with Crippen molar-refractivity contribution in [3.63, 3.8) is 0 Å². The predicted octanol–water partition coefficient (Wildman–Crippen LogP) is 2.38. The molecule has 16 heavy (non-hydrogen) atoms. The number of hydrogen-bond donors (Lipinski definition) is 0. The van der Waals surface area contributed by atoms with Crippen LogP contribution in [-0.4, -0.2) is 37.1 Å². The van der Waals surface area contributed by atoms with E-state index in [-0.39, 0.29) is 5.91 Å². The van der Waals surface area contributed by atoms with Crippen molar-refractivity contribution in [2.24, 2.45) is 0 Å². The molecule has 0 spiro atoms. The summed E-state index contributed by atoms with van der Waals surface area (Å²) in [4.78, 5) is 14.6. The molecule has 0 bridgehead atoms. The number of halogens is 1. The molecule has 1 aliphatic heterocycles. The lowest BCUT2D eigenvalue weighted by molar-refractivity contribution is -0.129. The second kappa shape index (κ2) is 5.61. The lowest BCUT2D eigenvalue weighted by atomic mass is 10.3. The minimum Gasteiger partial charge on any atom is -0.378 e. The zero-order valence-electron chi connectivity index (χ0n) is 8.69. The molecular formula is C11H12BrNO2S. The number of carbonyl (C=O) groups is 1. The van der Waals surface area contributed by atoms with Crippen LogP contribution in [0.2, 0.25) is 0 Å². The summed E-state index contributed by atoms with van der Waals surface area (Å²) in [5.41, 5.74) is 0. The molecule has 0 unspecified atom stereocenters. The Morgan fingerprint density at radius 1 is 1.44 bits per heavy atom. The fourth-order valence-corrected chi connectivity index (χ4v) is 2.79. The third-order valence-corrected chi connectivity index (χ3v) is 3.90. The van der Waals surface area contributed by atoms with Gasteiger partial charge in [0, 0.05) is 24.0 Å². The van der Waals surface area contributed by atoms with E-state index in [1.807, 2.05) is 23.1 Å². The molecular weight excluding hydrogens is 290 g/mol. The van der Waals surface area contributed by atoms with Crippen LogP contribution in [0.25, 0.3) is 6.08 Å². The molecule has 3 nitrogen and oxygen atoms in total. The van der Waals surface area contributed by atoms with Gasteiger partial charge in [-0.15, -0.1) is 11.3 Å². The highest BCUT2D eigenvalue weighted by Gasteiger charge is 2.13. The Labute approximate surface area is 107 Å². The number of morpholine rings is 1. The summed E-state index contributed by atoms with van der Waals surface area (Å²) >= 11 is 5.00. The van der Waals surface area contributed by atoms with Crippen molar-refractivity contribution in [3.05, 3.63) is 26.9 Å². The van der Waals surface area contributed by atoms with Crippen molar-refractivity contribution in [1.29, 1.82) is 0 Å². The van der Waals surface area contributed by atoms with E-state index in [0.29, 0.717) is 26.3 Å². The van der Waals surface area contributed by atoms with Crippen LogP contribution in [0.5, 0.6) is 0 Å². The zero-order chi connectivity index (χ0) is 11.4. The van der Waals surface area contributed by atoms with Gasteiger partial charge in [0.05, 0.1) is 17.0 Å². The average molecular weight is 302 g/mol. The van der Waals surface area contributed by atoms with Crippen molar-refractivity contribution < 1.29 is 9.53 Å². The number of thiophene rings is 1. The van der Waals surface area contributed by atoms with Crippen molar-refractivity contribution in [3.8, 4) is 0 Å². The van der Waals surface area contributed by atoms with Gasteiger partial charge in [-0.1, -0.05) is 0 Å². The number of hydrogen-bond acceptors (Lipinski definition) is 3. The van der Waals surface area contributed by atoms with E-state index in [2.05, 4.69) is 15.9 Å². The Balaban J connectivity index is 1.93. The summed E-state index contributed by atoms with van der Waals surface area (Å²) in [5, 5.41) is 0. The minimum atomic E-state index is 0.0628. The second-order valence-corrected chi connectivity index (χ2v) is 5.91. The Morgan fingerprint density at radius 3 is 2.81 bits per heavy atom. The normalized spacial score (nSPS) is 16.9. The lowest BCUT2D eigenvalue weighted by Crippen LogP contribution is -2.39. The average Bonchev–Trinajstić information content (AvgIpc) is 2.73. The zero-order valence-corrected chi connectivity index (χ0v) is 11.1. The van der Waals surface area contributed by atoms with E-state index in [9.17, 15) is 4.79 Å². The summed E-state index contributed by atoms with van der Waals surface area (Å²) in [5.74, 6) is 0.0628. The van der Waals surface area contributed by atoms with E-state index in [1.165, 1.54) is 0 Å². The first-order valence-electron chi connectivity index (χ1n) is 5.06. The maximum Gasteiger partial charge on any atom is 0.246 e. The Hall–Kier alpha value is -0.650. The number of rotatable bonds is 2. The van der Waals surface area contributed by atoms with Gasteiger partial charge in [0.15, 0.2) is 0 Å². The van der Waals surface area contributed by atoms with Gasteiger partial charge in [0.25, 0.3) is 0 Å². The van der Waals surface area contributed by atoms with Crippen molar-refractivity contribution in [1.82, 2.24) is 4.90 Å². The van der Waals surface area contributed by atoms with Gasteiger partial charge in [-0.3, -0.25) is 4.79 Å². The van der Waals surface area contributed by atoms with E-state index < -0.39 is 0 Å². The van der Waals surface area contributed by atoms with Gasteiger partial charge in [-0.25, -0.2) is 0 Å². The van der Waals surface area contributed by atoms with Crippen molar-refractivity contribution >= 4 is 39.2 Å².